The Morgan fingerprint density at radius 1 is 1.45 bits per heavy atom. The Bertz CT molecular complexity index is 496. The summed E-state index contributed by atoms with van der Waals surface area (Å²) >= 11 is 0. The summed E-state index contributed by atoms with van der Waals surface area (Å²) in [5.41, 5.74) is 1.36. The summed E-state index contributed by atoms with van der Waals surface area (Å²) in [6.07, 6.45) is 3.61. The third kappa shape index (κ3) is 6.15. The number of anilines is 1. The van der Waals surface area contributed by atoms with Crippen LogP contribution in [-0.4, -0.2) is 30.2 Å². The van der Waals surface area contributed by atoms with Gasteiger partial charge in [0, 0.05) is 25.3 Å². The Hall–Kier alpha value is -2.14. The van der Waals surface area contributed by atoms with Gasteiger partial charge in [-0.15, -0.1) is 0 Å². The number of benzene rings is 1. The standard InChI is InChI=1S/C15H19NO4/c1-11(20-2)6-8-14(17)16-13-5-3-4-12(10-13)7-9-15(18)19/h3-5,7,9-11H,6,8H2,1-2H3,(H,16,17)(H,18,19)/b9-7+. The fraction of sp³-hybridized carbons (Fsp3) is 0.333. The molecule has 0 saturated carbocycles. The number of nitrogens with one attached hydrogen (secondary N) is 1. The lowest BCUT2D eigenvalue weighted by atomic mass is 10.1. The van der Waals surface area contributed by atoms with Crippen molar-refractivity contribution < 1.29 is 19.4 Å². The van der Waals surface area contributed by atoms with E-state index in [1.165, 1.54) is 6.08 Å². The van der Waals surface area contributed by atoms with Crippen molar-refractivity contribution in [1.82, 2.24) is 0 Å². The molecule has 1 unspecified atom stereocenters. The van der Waals surface area contributed by atoms with E-state index in [-0.39, 0.29) is 12.0 Å². The quantitative estimate of drug-likeness (QED) is 0.751. The van der Waals surface area contributed by atoms with Gasteiger partial charge in [-0.2, -0.15) is 0 Å². The van der Waals surface area contributed by atoms with Crippen LogP contribution in [0.5, 0.6) is 0 Å². The van der Waals surface area contributed by atoms with Crippen LogP contribution in [0.4, 0.5) is 5.69 Å². The molecule has 20 heavy (non-hydrogen) atoms. The molecule has 0 fully saturated rings. The maximum atomic E-state index is 11.7. The van der Waals surface area contributed by atoms with E-state index in [4.69, 9.17) is 9.84 Å². The van der Waals surface area contributed by atoms with E-state index in [1.54, 1.807) is 31.4 Å². The summed E-state index contributed by atoms with van der Waals surface area (Å²) in [5.74, 6) is -1.10. The average Bonchev–Trinajstić information content (AvgIpc) is 2.43. The van der Waals surface area contributed by atoms with Crippen molar-refractivity contribution in [3.05, 3.63) is 35.9 Å². The summed E-state index contributed by atoms with van der Waals surface area (Å²) < 4.78 is 5.08. The minimum absolute atomic E-state index is 0.0468. The molecule has 1 aromatic rings. The first kappa shape index (κ1) is 15.9. The van der Waals surface area contributed by atoms with Crippen LogP contribution in [0.2, 0.25) is 0 Å². The second-order valence-electron chi connectivity index (χ2n) is 4.43. The molecule has 0 saturated heterocycles. The summed E-state index contributed by atoms with van der Waals surface area (Å²) in [6.45, 7) is 1.91. The summed E-state index contributed by atoms with van der Waals surface area (Å²) in [7, 11) is 1.61. The lowest BCUT2D eigenvalue weighted by Gasteiger charge is -2.09. The van der Waals surface area contributed by atoms with Crippen LogP contribution in [0.3, 0.4) is 0 Å². The molecule has 0 aliphatic rings. The predicted octanol–water partition coefficient (Wildman–Crippen LogP) is 2.54. The van der Waals surface area contributed by atoms with Crippen molar-refractivity contribution in [2.45, 2.75) is 25.9 Å². The molecule has 2 N–H and O–H groups in total. The summed E-state index contributed by atoms with van der Waals surface area (Å²) in [5, 5.41) is 11.3. The first-order valence-corrected chi connectivity index (χ1v) is 6.35. The lowest BCUT2D eigenvalue weighted by Crippen LogP contribution is -2.15. The van der Waals surface area contributed by atoms with Crippen LogP contribution in [-0.2, 0) is 14.3 Å². The van der Waals surface area contributed by atoms with Crippen LogP contribution < -0.4 is 5.32 Å². The van der Waals surface area contributed by atoms with Crippen molar-refractivity contribution in [1.29, 1.82) is 0 Å². The number of carboxylic acids is 1. The first-order chi connectivity index (χ1) is 9.51. The highest BCUT2D eigenvalue weighted by molar-refractivity contribution is 5.91. The number of methoxy groups -OCH3 is 1. The monoisotopic (exact) mass is 277 g/mol. The number of carbonyl (C=O) groups excluding carboxylic acids is 1. The van der Waals surface area contributed by atoms with Crippen molar-refractivity contribution in [2.75, 3.05) is 12.4 Å². The molecule has 0 heterocycles. The largest absolute Gasteiger partial charge is 0.478 e. The van der Waals surface area contributed by atoms with Gasteiger partial charge in [0.1, 0.15) is 0 Å². The normalized spacial score (nSPS) is 12.3. The number of hydrogen-bond acceptors (Lipinski definition) is 3. The van der Waals surface area contributed by atoms with Crippen LogP contribution in [0.15, 0.2) is 30.3 Å². The first-order valence-electron chi connectivity index (χ1n) is 6.35. The van der Waals surface area contributed by atoms with Crippen LogP contribution in [0.25, 0.3) is 6.08 Å². The Balaban J connectivity index is 2.57. The van der Waals surface area contributed by atoms with Gasteiger partial charge in [0.25, 0.3) is 0 Å². The molecule has 0 bridgehead atoms. The fourth-order valence-electron chi connectivity index (χ4n) is 1.56. The third-order valence-corrected chi connectivity index (χ3v) is 2.77. The maximum absolute atomic E-state index is 11.7. The van der Waals surface area contributed by atoms with Gasteiger partial charge in [0.05, 0.1) is 6.10 Å². The van der Waals surface area contributed by atoms with Crippen LogP contribution in [0, 0.1) is 0 Å². The minimum Gasteiger partial charge on any atom is -0.478 e. The van der Waals surface area contributed by atoms with E-state index in [9.17, 15) is 9.59 Å². The number of carboxylic acid groups (broad SMARTS) is 1. The smallest absolute Gasteiger partial charge is 0.328 e. The highest BCUT2D eigenvalue weighted by atomic mass is 16.5. The molecule has 0 spiro atoms. The molecule has 1 rings (SSSR count). The Morgan fingerprint density at radius 3 is 2.85 bits per heavy atom. The molecule has 0 aliphatic carbocycles. The topological polar surface area (TPSA) is 75.6 Å². The minimum atomic E-state index is -1.01. The van der Waals surface area contributed by atoms with Crippen molar-refractivity contribution in [3.8, 4) is 0 Å². The number of aliphatic carboxylic acids is 1. The van der Waals surface area contributed by atoms with Gasteiger partial charge in [0.2, 0.25) is 5.91 Å². The third-order valence-electron chi connectivity index (χ3n) is 2.77. The number of rotatable bonds is 7. The van der Waals surface area contributed by atoms with Crippen molar-refractivity contribution in [3.63, 3.8) is 0 Å². The number of hydrogen-bond donors (Lipinski definition) is 2. The van der Waals surface area contributed by atoms with E-state index in [1.807, 2.05) is 6.92 Å². The fourth-order valence-corrected chi connectivity index (χ4v) is 1.56. The zero-order chi connectivity index (χ0) is 15.0. The van der Waals surface area contributed by atoms with Crippen molar-refractivity contribution >= 4 is 23.6 Å². The Labute approximate surface area is 118 Å². The van der Waals surface area contributed by atoms with Crippen molar-refractivity contribution in [2.24, 2.45) is 0 Å². The van der Waals surface area contributed by atoms with E-state index < -0.39 is 5.97 Å². The molecule has 0 radical (unpaired) electrons. The van der Waals surface area contributed by atoms with E-state index in [0.29, 0.717) is 18.5 Å². The summed E-state index contributed by atoms with van der Waals surface area (Å²) in [4.78, 5) is 22.2. The van der Waals surface area contributed by atoms with Gasteiger partial charge in [0.15, 0.2) is 0 Å². The Kier molecular flexibility index (Phi) is 6.46. The molecule has 5 heteroatoms. The lowest BCUT2D eigenvalue weighted by molar-refractivity contribution is -0.131. The van der Waals surface area contributed by atoms with Gasteiger partial charge in [-0.3, -0.25) is 4.79 Å². The van der Waals surface area contributed by atoms with E-state index in [2.05, 4.69) is 5.32 Å². The molecule has 0 aromatic heterocycles. The molecule has 1 atom stereocenters. The van der Waals surface area contributed by atoms with Crippen LogP contribution in [0.1, 0.15) is 25.3 Å². The SMILES string of the molecule is COC(C)CCC(=O)Nc1cccc(/C=C/C(=O)O)c1. The van der Waals surface area contributed by atoms with E-state index in [0.717, 1.165) is 11.6 Å². The Morgan fingerprint density at radius 2 is 2.20 bits per heavy atom. The molecule has 108 valence electrons. The van der Waals surface area contributed by atoms with E-state index >= 15 is 0 Å². The van der Waals surface area contributed by atoms with Crippen LogP contribution >= 0.6 is 0 Å². The number of carbonyl (C=O) groups is 2. The molecule has 1 aromatic carbocycles. The highest BCUT2D eigenvalue weighted by Gasteiger charge is 2.06. The zero-order valence-electron chi connectivity index (χ0n) is 11.6. The molecule has 5 nitrogen and oxygen atoms in total. The number of ether oxygens (including phenoxy) is 1. The summed E-state index contributed by atoms with van der Waals surface area (Å²) in [6, 6.07) is 7.00. The molecular weight excluding hydrogens is 258 g/mol. The maximum Gasteiger partial charge on any atom is 0.328 e. The average molecular weight is 277 g/mol. The second kappa shape index (κ2) is 8.12. The molecule has 1 amide bonds. The molecular formula is C15H19NO4. The van der Waals surface area contributed by atoms with Gasteiger partial charge in [-0.05, 0) is 37.1 Å². The van der Waals surface area contributed by atoms with Gasteiger partial charge >= 0.3 is 5.97 Å². The molecule has 0 aliphatic heterocycles. The number of amides is 1. The highest BCUT2D eigenvalue weighted by Crippen LogP contribution is 2.13. The predicted molar refractivity (Wildman–Crippen MR) is 77.4 cm³/mol. The van der Waals surface area contributed by atoms with Gasteiger partial charge in [-0.1, -0.05) is 12.1 Å². The van der Waals surface area contributed by atoms with Gasteiger partial charge < -0.3 is 15.2 Å². The zero-order valence-corrected chi connectivity index (χ0v) is 11.6. The van der Waals surface area contributed by atoms with Gasteiger partial charge in [-0.25, -0.2) is 4.79 Å². The second-order valence-corrected chi connectivity index (χ2v) is 4.43.